The molecule has 2 N–H and O–H groups in total. The van der Waals surface area contributed by atoms with Gasteiger partial charge in [0, 0.05) is 37.1 Å². The Morgan fingerprint density at radius 3 is 2.83 bits per heavy atom. The van der Waals surface area contributed by atoms with E-state index in [1.165, 1.54) is 5.70 Å². The van der Waals surface area contributed by atoms with Gasteiger partial charge in [0.1, 0.15) is 5.71 Å². The summed E-state index contributed by atoms with van der Waals surface area (Å²) in [6, 6.07) is 0. The quantitative estimate of drug-likeness (QED) is 0.602. The van der Waals surface area contributed by atoms with Gasteiger partial charge in [-0.1, -0.05) is 24.1 Å². The minimum absolute atomic E-state index is 0.652. The Labute approximate surface area is 140 Å². The van der Waals surface area contributed by atoms with Gasteiger partial charge in [-0.25, -0.2) is 4.99 Å². The van der Waals surface area contributed by atoms with E-state index in [0.717, 1.165) is 30.7 Å². The SMILES string of the molecule is C=C/C(C#CC1=CC=C(N(CC)CCN)C=CC1)=N\C=C(C)C. The zero-order chi connectivity index (χ0) is 17.1. The summed E-state index contributed by atoms with van der Waals surface area (Å²) in [5.74, 6) is 6.26. The number of hydrogen-bond donors (Lipinski definition) is 1. The molecule has 0 aromatic carbocycles. The molecule has 0 heterocycles. The minimum Gasteiger partial charge on any atom is -0.371 e. The van der Waals surface area contributed by atoms with Crippen molar-refractivity contribution >= 4 is 5.71 Å². The Morgan fingerprint density at radius 2 is 2.22 bits per heavy atom. The van der Waals surface area contributed by atoms with Gasteiger partial charge >= 0.3 is 0 Å². The summed E-state index contributed by atoms with van der Waals surface area (Å²) in [4.78, 5) is 6.57. The van der Waals surface area contributed by atoms with Crippen molar-refractivity contribution in [2.24, 2.45) is 10.7 Å². The first-order chi connectivity index (χ1) is 11.1. The number of aliphatic imine (C=N–C) groups is 1. The second-order valence-corrected chi connectivity index (χ2v) is 5.43. The van der Waals surface area contributed by atoms with Crippen molar-refractivity contribution < 1.29 is 0 Å². The molecule has 0 bridgehead atoms. The fourth-order valence-electron chi connectivity index (χ4n) is 2.02. The van der Waals surface area contributed by atoms with E-state index in [0.29, 0.717) is 12.3 Å². The molecule has 0 aliphatic heterocycles. The average molecular weight is 309 g/mol. The topological polar surface area (TPSA) is 41.6 Å². The molecule has 3 heteroatoms. The highest BCUT2D eigenvalue weighted by Gasteiger charge is 2.05. The summed E-state index contributed by atoms with van der Waals surface area (Å²) in [6.45, 7) is 12.4. The van der Waals surface area contributed by atoms with E-state index in [2.05, 4.69) is 59.5 Å². The number of hydrogen-bond acceptors (Lipinski definition) is 3. The molecule has 122 valence electrons. The monoisotopic (exact) mass is 309 g/mol. The fourth-order valence-corrected chi connectivity index (χ4v) is 2.02. The van der Waals surface area contributed by atoms with E-state index in [4.69, 9.17) is 5.73 Å². The van der Waals surface area contributed by atoms with Crippen molar-refractivity contribution in [2.45, 2.75) is 27.2 Å². The molecule has 0 radical (unpaired) electrons. The molecule has 0 aromatic heterocycles. The van der Waals surface area contributed by atoms with Gasteiger partial charge < -0.3 is 10.6 Å². The first kappa shape index (κ1) is 18.7. The molecule has 3 nitrogen and oxygen atoms in total. The molecule has 0 aromatic rings. The lowest BCUT2D eigenvalue weighted by molar-refractivity contribution is 0.383. The van der Waals surface area contributed by atoms with Crippen LogP contribution in [0.15, 0.2) is 65.0 Å². The molecular weight excluding hydrogens is 282 g/mol. The van der Waals surface area contributed by atoms with E-state index in [1.807, 2.05) is 13.8 Å². The fraction of sp³-hybridized carbons (Fsp3) is 0.350. The van der Waals surface area contributed by atoms with Gasteiger partial charge in [0.05, 0.1) is 0 Å². The summed E-state index contributed by atoms with van der Waals surface area (Å²) >= 11 is 0. The van der Waals surface area contributed by atoms with E-state index in [1.54, 1.807) is 12.3 Å². The van der Waals surface area contributed by atoms with E-state index in [9.17, 15) is 0 Å². The molecule has 0 saturated heterocycles. The van der Waals surface area contributed by atoms with Crippen LogP contribution in [0.1, 0.15) is 27.2 Å². The van der Waals surface area contributed by atoms with Crippen molar-refractivity contribution in [2.75, 3.05) is 19.6 Å². The third-order valence-electron chi connectivity index (χ3n) is 3.23. The Balaban J connectivity index is 2.93. The normalized spacial score (nSPS) is 14.0. The highest BCUT2D eigenvalue weighted by atomic mass is 15.1. The van der Waals surface area contributed by atoms with Gasteiger partial charge in [-0.2, -0.15) is 0 Å². The first-order valence-electron chi connectivity index (χ1n) is 7.98. The third-order valence-corrected chi connectivity index (χ3v) is 3.23. The zero-order valence-corrected chi connectivity index (χ0v) is 14.5. The van der Waals surface area contributed by atoms with Gasteiger partial charge in [-0.15, -0.1) is 0 Å². The lowest BCUT2D eigenvalue weighted by Gasteiger charge is -2.22. The Kier molecular flexibility index (Phi) is 8.49. The van der Waals surface area contributed by atoms with Crippen LogP contribution in [0.2, 0.25) is 0 Å². The maximum Gasteiger partial charge on any atom is 0.112 e. The zero-order valence-electron chi connectivity index (χ0n) is 14.5. The predicted octanol–water partition coefficient (Wildman–Crippen LogP) is 3.59. The molecule has 0 amide bonds. The smallest absolute Gasteiger partial charge is 0.112 e. The van der Waals surface area contributed by atoms with Gasteiger partial charge in [-0.3, -0.25) is 0 Å². The molecule has 0 fully saturated rings. The summed E-state index contributed by atoms with van der Waals surface area (Å²) in [7, 11) is 0. The standard InChI is InChI=1S/C20H27N3/c1-5-19(22-16-17(3)4)12-10-18-8-7-9-20(13-11-18)23(6-2)15-14-21/h5,7,9,11,13,16H,1,6,8,14-15,21H2,2-4H3/b22-19+. The van der Waals surface area contributed by atoms with Gasteiger partial charge in [-0.05, 0) is 57.4 Å². The van der Waals surface area contributed by atoms with Gasteiger partial charge in [0.25, 0.3) is 0 Å². The third kappa shape index (κ3) is 6.99. The highest BCUT2D eigenvalue weighted by molar-refractivity contribution is 6.09. The minimum atomic E-state index is 0.652. The molecule has 0 atom stereocenters. The van der Waals surface area contributed by atoms with Crippen LogP contribution in [0, 0.1) is 11.8 Å². The largest absolute Gasteiger partial charge is 0.371 e. The number of allylic oxidation sites excluding steroid dienone is 7. The second-order valence-electron chi connectivity index (χ2n) is 5.43. The summed E-state index contributed by atoms with van der Waals surface area (Å²) in [6.07, 6.45) is 12.8. The van der Waals surface area contributed by atoms with Crippen LogP contribution in [0.4, 0.5) is 0 Å². The molecule has 1 rings (SSSR count). The number of likely N-dealkylation sites (N-methyl/N-ethyl adjacent to an activating group) is 1. The van der Waals surface area contributed by atoms with E-state index >= 15 is 0 Å². The van der Waals surface area contributed by atoms with Crippen molar-refractivity contribution in [1.29, 1.82) is 0 Å². The number of nitrogens with two attached hydrogens (primary N) is 1. The Bertz CT molecular complexity index is 615. The van der Waals surface area contributed by atoms with Gasteiger partial charge in [0.15, 0.2) is 0 Å². The molecule has 1 aliphatic carbocycles. The van der Waals surface area contributed by atoms with Crippen LogP contribution in [-0.2, 0) is 0 Å². The first-order valence-corrected chi connectivity index (χ1v) is 7.98. The summed E-state index contributed by atoms with van der Waals surface area (Å²) < 4.78 is 0. The molecule has 1 aliphatic rings. The van der Waals surface area contributed by atoms with Crippen LogP contribution >= 0.6 is 0 Å². The van der Waals surface area contributed by atoms with Crippen molar-refractivity contribution in [1.82, 2.24) is 4.90 Å². The second kappa shape index (κ2) is 10.4. The number of rotatable bonds is 6. The highest BCUT2D eigenvalue weighted by Crippen LogP contribution is 2.14. The molecule has 0 unspecified atom stereocenters. The lowest BCUT2D eigenvalue weighted by atomic mass is 10.2. The maximum atomic E-state index is 5.67. The van der Waals surface area contributed by atoms with E-state index < -0.39 is 0 Å². The Morgan fingerprint density at radius 1 is 1.43 bits per heavy atom. The maximum absolute atomic E-state index is 5.67. The van der Waals surface area contributed by atoms with Gasteiger partial charge in [0.2, 0.25) is 0 Å². The van der Waals surface area contributed by atoms with Crippen LogP contribution in [0.25, 0.3) is 0 Å². The summed E-state index contributed by atoms with van der Waals surface area (Å²) in [5, 5.41) is 0. The van der Waals surface area contributed by atoms with Crippen molar-refractivity contribution in [3.8, 4) is 11.8 Å². The number of nitrogens with zero attached hydrogens (tertiary/aromatic N) is 2. The Hall–Kier alpha value is -2.31. The molecule has 23 heavy (non-hydrogen) atoms. The van der Waals surface area contributed by atoms with Crippen LogP contribution in [0.3, 0.4) is 0 Å². The molecule has 0 spiro atoms. The predicted molar refractivity (Wildman–Crippen MR) is 101 cm³/mol. The van der Waals surface area contributed by atoms with Crippen LogP contribution < -0.4 is 5.73 Å². The molecule has 0 saturated carbocycles. The van der Waals surface area contributed by atoms with Crippen molar-refractivity contribution in [3.05, 3.63) is 60.0 Å². The van der Waals surface area contributed by atoms with Crippen LogP contribution in [0.5, 0.6) is 0 Å². The molecular formula is C20H27N3. The average Bonchev–Trinajstić information content (AvgIpc) is 2.78. The van der Waals surface area contributed by atoms with Crippen molar-refractivity contribution in [3.63, 3.8) is 0 Å². The van der Waals surface area contributed by atoms with Crippen LogP contribution in [-0.4, -0.2) is 30.2 Å². The van der Waals surface area contributed by atoms with E-state index in [-0.39, 0.29) is 0 Å². The lowest BCUT2D eigenvalue weighted by Crippen LogP contribution is -2.28. The summed E-state index contributed by atoms with van der Waals surface area (Å²) in [5.41, 5.74) is 9.72.